The van der Waals surface area contributed by atoms with Crippen LogP contribution in [-0.2, 0) is 4.74 Å². The van der Waals surface area contributed by atoms with Crippen LogP contribution in [0, 0.1) is 12.8 Å². The topological polar surface area (TPSA) is 58.6 Å². The van der Waals surface area contributed by atoms with E-state index in [0.717, 1.165) is 24.8 Å². The second-order valence-corrected chi connectivity index (χ2v) is 6.23. The summed E-state index contributed by atoms with van der Waals surface area (Å²) in [6.45, 7) is 8.63. The molecule has 2 aliphatic rings. The summed E-state index contributed by atoms with van der Waals surface area (Å²) in [5.41, 5.74) is 0.503. The molecule has 2 saturated heterocycles. The molecule has 0 aromatic carbocycles. The molecular weight excluding hydrogens is 280 g/mol. The minimum Gasteiger partial charge on any atom is -0.378 e. The normalized spacial score (nSPS) is 20.3. The van der Waals surface area contributed by atoms with Crippen molar-refractivity contribution >= 4 is 11.7 Å². The summed E-state index contributed by atoms with van der Waals surface area (Å²) < 4.78 is 5.30. The maximum atomic E-state index is 12.6. The van der Waals surface area contributed by atoms with Gasteiger partial charge in [-0.15, -0.1) is 0 Å². The van der Waals surface area contributed by atoms with Crippen LogP contribution in [-0.4, -0.2) is 60.2 Å². The number of aryl methyl sites for hydroxylation is 1. The van der Waals surface area contributed by atoms with Crippen LogP contribution in [0.1, 0.15) is 36.1 Å². The molecule has 2 aliphatic heterocycles. The van der Waals surface area contributed by atoms with Crippen LogP contribution >= 0.6 is 0 Å². The Balaban J connectivity index is 1.78. The van der Waals surface area contributed by atoms with E-state index in [0.29, 0.717) is 37.8 Å². The standard InChI is InChI=1S/C16H24N4O2/c1-12-3-5-19(6-4-12)15-11-14(17-13(2)18-15)16(21)20-7-9-22-10-8-20/h11-12H,3-10H2,1-2H3. The number of anilines is 1. The van der Waals surface area contributed by atoms with E-state index in [1.807, 2.05) is 17.9 Å². The van der Waals surface area contributed by atoms with Crippen LogP contribution < -0.4 is 4.90 Å². The van der Waals surface area contributed by atoms with Gasteiger partial charge in [-0.1, -0.05) is 6.92 Å². The first-order chi connectivity index (χ1) is 10.6. The molecule has 0 aliphatic carbocycles. The third kappa shape index (κ3) is 3.38. The Hall–Kier alpha value is -1.69. The number of rotatable bonds is 2. The number of morpholine rings is 1. The van der Waals surface area contributed by atoms with E-state index in [9.17, 15) is 4.79 Å². The molecular formula is C16H24N4O2. The second-order valence-electron chi connectivity index (χ2n) is 6.23. The minimum absolute atomic E-state index is 0.0135. The highest BCUT2D eigenvalue weighted by atomic mass is 16.5. The molecule has 0 atom stereocenters. The summed E-state index contributed by atoms with van der Waals surface area (Å²) in [5.74, 6) is 2.30. The molecule has 0 saturated carbocycles. The molecule has 3 rings (SSSR count). The van der Waals surface area contributed by atoms with E-state index < -0.39 is 0 Å². The highest BCUT2D eigenvalue weighted by Gasteiger charge is 2.23. The number of nitrogens with zero attached hydrogens (tertiary/aromatic N) is 4. The lowest BCUT2D eigenvalue weighted by Gasteiger charge is -2.31. The molecule has 0 bridgehead atoms. The van der Waals surface area contributed by atoms with E-state index in [1.165, 1.54) is 12.8 Å². The Morgan fingerprint density at radius 1 is 1.18 bits per heavy atom. The molecule has 0 spiro atoms. The van der Waals surface area contributed by atoms with Crippen molar-refractivity contribution in [2.24, 2.45) is 5.92 Å². The van der Waals surface area contributed by atoms with Gasteiger partial charge in [0.1, 0.15) is 17.3 Å². The Morgan fingerprint density at radius 3 is 2.55 bits per heavy atom. The van der Waals surface area contributed by atoms with Gasteiger partial charge < -0.3 is 14.5 Å². The first kappa shape index (κ1) is 15.2. The molecule has 2 fully saturated rings. The zero-order valence-corrected chi connectivity index (χ0v) is 13.4. The maximum Gasteiger partial charge on any atom is 0.272 e. The number of aromatic nitrogens is 2. The molecule has 120 valence electrons. The van der Waals surface area contributed by atoms with E-state index in [4.69, 9.17) is 4.74 Å². The van der Waals surface area contributed by atoms with Gasteiger partial charge in [0.25, 0.3) is 5.91 Å². The summed E-state index contributed by atoms with van der Waals surface area (Å²) in [5, 5.41) is 0. The number of carbonyl (C=O) groups is 1. The first-order valence-corrected chi connectivity index (χ1v) is 8.11. The van der Waals surface area contributed by atoms with Crippen LogP contribution in [0.3, 0.4) is 0 Å². The third-order valence-corrected chi connectivity index (χ3v) is 4.45. The lowest BCUT2D eigenvalue weighted by molar-refractivity contribution is 0.0299. The van der Waals surface area contributed by atoms with Crippen LogP contribution in [0.15, 0.2) is 6.07 Å². The lowest BCUT2D eigenvalue weighted by atomic mass is 9.99. The van der Waals surface area contributed by atoms with Crippen molar-refractivity contribution in [3.05, 3.63) is 17.6 Å². The quantitative estimate of drug-likeness (QED) is 0.828. The van der Waals surface area contributed by atoms with Gasteiger partial charge in [0.05, 0.1) is 13.2 Å². The van der Waals surface area contributed by atoms with E-state index in [1.54, 1.807) is 0 Å². The summed E-state index contributed by atoms with van der Waals surface area (Å²) >= 11 is 0. The molecule has 22 heavy (non-hydrogen) atoms. The van der Waals surface area contributed by atoms with Gasteiger partial charge in [0.2, 0.25) is 0 Å². The molecule has 3 heterocycles. The van der Waals surface area contributed by atoms with Crippen LogP contribution in [0.5, 0.6) is 0 Å². The van der Waals surface area contributed by atoms with Gasteiger partial charge in [-0.3, -0.25) is 4.79 Å². The molecule has 0 unspecified atom stereocenters. The highest BCUT2D eigenvalue weighted by Crippen LogP contribution is 2.22. The highest BCUT2D eigenvalue weighted by molar-refractivity contribution is 5.93. The zero-order valence-electron chi connectivity index (χ0n) is 13.4. The van der Waals surface area contributed by atoms with Crippen LogP contribution in [0.25, 0.3) is 0 Å². The second kappa shape index (κ2) is 6.60. The number of hydrogen-bond acceptors (Lipinski definition) is 5. The molecule has 0 radical (unpaired) electrons. The predicted octanol–water partition coefficient (Wildman–Crippen LogP) is 1.49. The molecule has 1 amide bonds. The first-order valence-electron chi connectivity index (χ1n) is 8.11. The number of amides is 1. The summed E-state index contributed by atoms with van der Waals surface area (Å²) in [6.07, 6.45) is 2.35. The molecule has 1 aromatic heterocycles. The van der Waals surface area contributed by atoms with Crippen molar-refractivity contribution in [1.82, 2.24) is 14.9 Å². The van der Waals surface area contributed by atoms with E-state index >= 15 is 0 Å². The largest absolute Gasteiger partial charge is 0.378 e. The Kier molecular flexibility index (Phi) is 4.57. The van der Waals surface area contributed by atoms with Crippen LogP contribution in [0.2, 0.25) is 0 Å². The van der Waals surface area contributed by atoms with Gasteiger partial charge in [-0.2, -0.15) is 0 Å². The zero-order chi connectivity index (χ0) is 15.5. The molecule has 0 N–H and O–H groups in total. The Morgan fingerprint density at radius 2 is 1.86 bits per heavy atom. The molecule has 6 heteroatoms. The fourth-order valence-corrected chi connectivity index (χ4v) is 2.99. The Bertz CT molecular complexity index is 535. The van der Waals surface area contributed by atoms with Gasteiger partial charge in [0, 0.05) is 32.2 Å². The van der Waals surface area contributed by atoms with Crippen molar-refractivity contribution in [3.8, 4) is 0 Å². The van der Waals surface area contributed by atoms with Crippen molar-refractivity contribution in [3.63, 3.8) is 0 Å². The van der Waals surface area contributed by atoms with Gasteiger partial charge in [-0.05, 0) is 25.7 Å². The SMILES string of the molecule is Cc1nc(C(=O)N2CCOCC2)cc(N2CCC(C)CC2)n1. The van der Waals surface area contributed by atoms with Crippen molar-refractivity contribution in [1.29, 1.82) is 0 Å². The van der Waals surface area contributed by atoms with Gasteiger partial charge >= 0.3 is 0 Å². The van der Waals surface area contributed by atoms with Crippen LogP contribution in [0.4, 0.5) is 5.82 Å². The van der Waals surface area contributed by atoms with Crippen molar-refractivity contribution in [2.75, 3.05) is 44.3 Å². The average Bonchev–Trinajstić information content (AvgIpc) is 2.55. The summed E-state index contributed by atoms with van der Waals surface area (Å²) in [4.78, 5) is 25.6. The van der Waals surface area contributed by atoms with E-state index in [-0.39, 0.29) is 5.91 Å². The number of piperidine rings is 1. The average molecular weight is 304 g/mol. The fraction of sp³-hybridized carbons (Fsp3) is 0.688. The maximum absolute atomic E-state index is 12.6. The Labute approximate surface area is 131 Å². The van der Waals surface area contributed by atoms with E-state index in [2.05, 4.69) is 21.8 Å². The van der Waals surface area contributed by atoms with Crippen molar-refractivity contribution in [2.45, 2.75) is 26.7 Å². The van der Waals surface area contributed by atoms with Crippen molar-refractivity contribution < 1.29 is 9.53 Å². The number of carbonyl (C=O) groups excluding carboxylic acids is 1. The minimum atomic E-state index is -0.0135. The fourth-order valence-electron chi connectivity index (χ4n) is 2.99. The summed E-state index contributed by atoms with van der Waals surface area (Å²) in [6, 6.07) is 1.85. The lowest BCUT2D eigenvalue weighted by Crippen LogP contribution is -2.41. The third-order valence-electron chi connectivity index (χ3n) is 4.45. The molecule has 1 aromatic rings. The smallest absolute Gasteiger partial charge is 0.272 e. The number of hydrogen-bond donors (Lipinski definition) is 0. The van der Waals surface area contributed by atoms with Gasteiger partial charge in [0.15, 0.2) is 0 Å². The summed E-state index contributed by atoms with van der Waals surface area (Å²) in [7, 11) is 0. The number of ether oxygens (including phenoxy) is 1. The molecule has 6 nitrogen and oxygen atoms in total. The van der Waals surface area contributed by atoms with Gasteiger partial charge in [-0.25, -0.2) is 9.97 Å². The predicted molar refractivity (Wildman–Crippen MR) is 84.1 cm³/mol. The monoisotopic (exact) mass is 304 g/mol.